The van der Waals surface area contributed by atoms with Crippen molar-refractivity contribution in [2.24, 2.45) is 0 Å². The van der Waals surface area contributed by atoms with Gasteiger partial charge in [0.25, 0.3) is 0 Å². The molecule has 3 atom stereocenters. The average Bonchev–Trinajstić information content (AvgIpc) is 4.03. The summed E-state index contributed by atoms with van der Waals surface area (Å²) in [5.41, 5.74) is 5.86. The highest BCUT2D eigenvalue weighted by atomic mass is 32.1. The minimum atomic E-state index is -1.78. The number of esters is 1. The van der Waals surface area contributed by atoms with Crippen LogP contribution in [0.1, 0.15) is 87.1 Å². The molecule has 0 saturated heterocycles. The largest absolute Gasteiger partial charge is 0.506 e. The molecular formula is C42H50N6O6S2. The van der Waals surface area contributed by atoms with Crippen molar-refractivity contribution >= 4 is 51.4 Å². The monoisotopic (exact) mass is 798 g/mol. The number of nitrogens with zero attached hydrogens (tertiary/aromatic N) is 4. The number of nitrogens with one attached hydrogen (secondary N) is 2. The van der Waals surface area contributed by atoms with Crippen LogP contribution in [0.25, 0.3) is 17.1 Å². The number of carbonyl (C=O) groups is 1. The van der Waals surface area contributed by atoms with Crippen LogP contribution in [0.2, 0.25) is 0 Å². The average molecular weight is 799 g/mol. The van der Waals surface area contributed by atoms with Crippen LogP contribution in [-0.2, 0) is 41.1 Å². The van der Waals surface area contributed by atoms with E-state index in [1.54, 1.807) is 24.3 Å². The third-order valence-electron chi connectivity index (χ3n) is 11.7. The molecule has 296 valence electrons. The molecular weight excluding hydrogens is 749 g/mol. The Morgan fingerprint density at radius 3 is 2.73 bits per heavy atom. The Labute approximate surface area is 334 Å². The van der Waals surface area contributed by atoms with E-state index in [0.29, 0.717) is 45.7 Å². The zero-order valence-electron chi connectivity index (χ0n) is 31.8. The van der Waals surface area contributed by atoms with E-state index in [2.05, 4.69) is 43.6 Å². The number of hydrogen-bond donors (Lipinski definition) is 6. The van der Waals surface area contributed by atoms with Crippen LogP contribution in [0, 0.1) is 6.92 Å². The molecule has 3 aromatic heterocycles. The van der Waals surface area contributed by atoms with Crippen molar-refractivity contribution in [2.45, 2.75) is 101 Å². The van der Waals surface area contributed by atoms with Gasteiger partial charge in [-0.25, -0.2) is 9.48 Å². The maximum absolute atomic E-state index is 13.6. The molecule has 2 aliphatic carbocycles. The highest BCUT2D eigenvalue weighted by Gasteiger charge is 2.45. The zero-order chi connectivity index (χ0) is 39.0. The molecule has 0 amide bonds. The third-order valence-corrected chi connectivity index (χ3v) is 13.7. The summed E-state index contributed by atoms with van der Waals surface area (Å²) in [6.45, 7) is 4.56. The second-order valence-corrected chi connectivity index (χ2v) is 17.6. The van der Waals surface area contributed by atoms with E-state index in [1.165, 1.54) is 45.4 Å². The van der Waals surface area contributed by atoms with E-state index >= 15 is 0 Å². The smallest absolute Gasteiger partial charge is 0.349 e. The van der Waals surface area contributed by atoms with Crippen LogP contribution in [0.4, 0.5) is 5.69 Å². The molecule has 0 radical (unpaired) electrons. The van der Waals surface area contributed by atoms with Gasteiger partial charge >= 0.3 is 5.97 Å². The van der Waals surface area contributed by atoms with Crippen molar-refractivity contribution in [1.29, 1.82) is 0 Å². The van der Waals surface area contributed by atoms with E-state index in [-0.39, 0.29) is 11.9 Å². The molecule has 56 heavy (non-hydrogen) atoms. The Kier molecular flexibility index (Phi) is 11.3. The maximum atomic E-state index is 13.6. The summed E-state index contributed by atoms with van der Waals surface area (Å²) >= 11 is 2.79. The standard InChI is InChI=1S/C42H50N6O6S2/c1-25-9-17-37(56-25)42(53,36-8-4-21-55-36)41(52)54-28-12-10-27(11-13-28)47(2)19-5-20-48-40-32-7-3-6-29(32)26(22-33(40)45-46-48)23-43-24-35(50)30-14-16-34(49)39-31(30)15-18-38(51)44-39/h4,8-9,14-18,21-22,27-28,35,38,43-44,49-51,53H,3,5-7,10-13,19-20,23-24H2,1-2H3/t27?,28?,35-,38?,42-/m0/s1. The van der Waals surface area contributed by atoms with Crippen molar-refractivity contribution < 1.29 is 30.0 Å². The van der Waals surface area contributed by atoms with Crippen molar-refractivity contribution in [2.75, 3.05) is 25.5 Å². The van der Waals surface area contributed by atoms with Crippen molar-refractivity contribution in [3.05, 3.63) is 96.4 Å². The molecule has 1 saturated carbocycles. The number of aliphatic hydroxyl groups is 3. The quantitative estimate of drug-likeness (QED) is 0.0599. The Morgan fingerprint density at radius 1 is 1.14 bits per heavy atom. The number of carbonyl (C=O) groups excluding carboxylic acids is 1. The summed E-state index contributed by atoms with van der Waals surface area (Å²) in [6, 6.07) is 13.2. The first-order valence-corrected chi connectivity index (χ1v) is 21.3. The number of fused-ring (bicyclic) bond motifs is 4. The Hall–Kier alpha value is -4.15. The first-order chi connectivity index (χ1) is 27.1. The fraction of sp³-hybridized carbons (Fsp3) is 0.452. The molecule has 1 unspecified atom stereocenters. The molecule has 2 aromatic carbocycles. The molecule has 0 spiro atoms. The molecule has 3 aliphatic rings. The van der Waals surface area contributed by atoms with Crippen molar-refractivity contribution in [3.63, 3.8) is 0 Å². The van der Waals surface area contributed by atoms with Crippen LogP contribution >= 0.6 is 22.7 Å². The van der Waals surface area contributed by atoms with Gasteiger partial charge < -0.3 is 40.7 Å². The number of phenolic OH excluding ortho intramolecular Hbond substituents is 1. The molecule has 14 heteroatoms. The van der Waals surface area contributed by atoms with Gasteiger partial charge in [0.05, 0.1) is 27.1 Å². The molecule has 1 aliphatic heterocycles. The number of benzene rings is 2. The SMILES string of the molecule is Cc1ccc([C@](O)(C(=O)OC2CCC(N(C)CCCn3nnc4cc(CNC[C@H](O)c5ccc(O)c6c5C=CC(O)N6)c5c(c43)CCC5)CC2)c2cccs2)s1. The predicted molar refractivity (Wildman–Crippen MR) is 219 cm³/mol. The second kappa shape index (κ2) is 16.4. The van der Waals surface area contributed by atoms with Crippen LogP contribution in [0.15, 0.2) is 53.9 Å². The van der Waals surface area contributed by atoms with Gasteiger partial charge in [-0.1, -0.05) is 23.4 Å². The number of aryl methyl sites for hydroxylation is 3. The highest BCUT2D eigenvalue weighted by Crippen LogP contribution is 2.40. The number of thiophene rings is 2. The third kappa shape index (κ3) is 7.63. The van der Waals surface area contributed by atoms with Crippen LogP contribution < -0.4 is 10.6 Å². The topological polar surface area (TPSA) is 165 Å². The van der Waals surface area contributed by atoms with Gasteiger partial charge in [0.15, 0.2) is 0 Å². The van der Waals surface area contributed by atoms with Gasteiger partial charge in [-0.15, -0.1) is 27.8 Å². The maximum Gasteiger partial charge on any atom is 0.349 e. The molecule has 12 nitrogen and oxygen atoms in total. The molecule has 1 fully saturated rings. The summed E-state index contributed by atoms with van der Waals surface area (Å²) in [5, 5.41) is 60.4. The number of rotatable bonds is 14. The minimum Gasteiger partial charge on any atom is -0.506 e. The lowest BCUT2D eigenvalue weighted by Crippen LogP contribution is -2.42. The van der Waals surface area contributed by atoms with Gasteiger partial charge in [-0.3, -0.25) is 0 Å². The number of aromatic nitrogens is 3. The number of hydrogen-bond acceptors (Lipinski definition) is 13. The van der Waals surface area contributed by atoms with Crippen molar-refractivity contribution in [1.82, 2.24) is 25.2 Å². The van der Waals surface area contributed by atoms with E-state index in [9.17, 15) is 25.2 Å². The molecule has 4 heterocycles. The second-order valence-electron chi connectivity index (χ2n) is 15.4. The summed E-state index contributed by atoms with van der Waals surface area (Å²) in [7, 11) is 2.17. The number of aliphatic hydroxyl groups excluding tert-OH is 2. The number of ether oxygens (including phenoxy) is 1. The number of anilines is 1. The predicted octanol–water partition coefficient (Wildman–Crippen LogP) is 5.75. The summed E-state index contributed by atoms with van der Waals surface area (Å²) in [5.74, 6) is -0.559. The Bertz CT molecular complexity index is 2210. The fourth-order valence-electron chi connectivity index (χ4n) is 8.67. The lowest BCUT2D eigenvalue weighted by atomic mass is 9.91. The summed E-state index contributed by atoms with van der Waals surface area (Å²) < 4.78 is 8.09. The van der Waals surface area contributed by atoms with Gasteiger partial charge in [0, 0.05) is 36.1 Å². The Morgan fingerprint density at radius 2 is 1.96 bits per heavy atom. The van der Waals surface area contributed by atoms with Crippen LogP contribution in [0.5, 0.6) is 5.75 Å². The van der Waals surface area contributed by atoms with Gasteiger partial charge in [-0.2, -0.15) is 0 Å². The molecule has 8 rings (SSSR count). The minimum absolute atomic E-state index is 0.0292. The van der Waals surface area contributed by atoms with Crippen molar-refractivity contribution in [3.8, 4) is 5.75 Å². The van der Waals surface area contributed by atoms with E-state index in [0.717, 1.165) is 80.4 Å². The molecule has 6 N–H and O–H groups in total. The zero-order valence-corrected chi connectivity index (χ0v) is 33.4. The summed E-state index contributed by atoms with van der Waals surface area (Å²) in [6.07, 6.45) is 8.79. The van der Waals surface area contributed by atoms with E-state index < -0.39 is 23.9 Å². The highest BCUT2D eigenvalue weighted by molar-refractivity contribution is 7.13. The van der Waals surface area contributed by atoms with Crippen LogP contribution in [0.3, 0.4) is 0 Å². The summed E-state index contributed by atoms with van der Waals surface area (Å²) in [4.78, 5) is 18.2. The number of aromatic hydroxyl groups is 1. The fourth-order valence-corrected chi connectivity index (χ4v) is 10.5. The van der Waals surface area contributed by atoms with Gasteiger partial charge in [0.1, 0.15) is 23.6 Å². The number of phenols is 1. The molecule has 5 aromatic rings. The first kappa shape index (κ1) is 38.7. The first-order valence-electron chi connectivity index (χ1n) is 19.6. The van der Waals surface area contributed by atoms with Gasteiger partial charge in [0.2, 0.25) is 5.60 Å². The Balaban J connectivity index is 0.837. The van der Waals surface area contributed by atoms with Gasteiger partial charge in [-0.05, 0) is 136 Å². The van der Waals surface area contributed by atoms with E-state index in [1.807, 2.05) is 30.5 Å². The molecule has 0 bridgehead atoms. The van der Waals surface area contributed by atoms with E-state index in [4.69, 9.17) is 4.74 Å². The van der Waals surface area contributed by atoms with Crippen LogP contribution in [-0.4, -0.2) is 84.8 Å². The lowest BCUT2D eigenvalue weighted by Gasteiger charge is -2.35. The normalized spacial score (nSPS) is 20.8. The lowest BCUT2D eigenvalue weighted by molar-refractivity contribution is -0.169.